The van der Waals surface area contributed by atoms with E-state index in [9.17, 15) is 5.11 Å². The summed E-state index contributed by atoms with van der Waals surface area (Å²) in [5, 5.41) is 10.5. The molecule has 0 amide bonds. The van der Waals surface area contributed by atoms with Crippen molar-refractivity contribution >= 4 is 27.5 Å². The molecule has 1 aliphatic carbocycles. The first-order valence-electron chi connectivity index (χ1n) is 4.26. The maximum atomic E-state index is 9.75. The Kier molecular flexibility index (Phi) is 2.39. The van der Waals surface area contributed by atoms with Gasteiger partial charge in [0.05, 0.1) is 5.60 Å². The lowest BCUT2D eigenvalue weighted by atomic mass is 10.1. The van der Waals surface area contributed by atoms with E-state index < -0.39 is 5.60 Å². The van der Waals surface area contributed by atoms with E-state index in [0.29, 0.717) is 6.42 Å². The van der Waals surface area contributed by atoms with Gasteiger partial charge in [0.25, 0.3) is 0 Å². The molecular formula is C10H10BrClO. The molecule has 0 atom stereocenters. The summed E-state index contributed by atoms with van der Waals surface area (Å²) in [4.78, 5) is 0. The fraction of sp³-hybridized carbons (Fsp3) is 0.400. The maximum absolute atomic E-state index is 9.75. The average molecular weight is 262 g/mol. The molecule has 1 aromatic carbocycles. The summed E-state index contributed by atoms with van der Waals surface area (Å²) in [5.74, 6) is 0. The predicted molar refractivity (Wildman–Crippen MR) is 57.0 cm³/mol. The second-order valence-electron chi connectivity index (χ2n) is 3.60. The minimum Gasteiger partial charge on any atom is -0.390 e. The standard InChI is InChI=1S/C10H10BrClO/c11-8-2-1-3-9(12)7(8)6-10(13)4-5-10/h1-3,13H,4-6H2. The highest BCUT2D eigenvalue weighted by molar-refractivity contribution is 9.10. The van der Waals surface area contributed by atoms with Crippen LogP contribution < -0.4 is 0 Å². The molecular weight excluding hydrogens is 251 g/mol. The molecule has 1 aliphatic rings. The molecule has 0 radical (unpaired) electrons. The topological polar surface area (TPSA) is 20.2 Å². The zero-order chi connectivity index (χ0) is 9.47. The largest absolute Gasteiger partial charge is 0.390 e. The van der Waals surface area contributed by atoms with E-state index in [1.54, 1.807) is 0 Å². The number of benzene rings is 1. The molecule has 0 heterocycles. The van der Waals surface area contributed by atoms with E-state index in [2.05, 4.69) is 15.9 Å². The van der Waals surface area contributed by atoms with E-state index >= 15 is 0 Å². The molecule has 1 fully saturated rings. The molecule has 0 bridgehead atoms. The highest BCUT2D eigenvalue weighted by Crippen LogP contribution is 2.41. The van der Waals surface area contributed by atoms with Gasteiger partial charge in [-0.2, -0.15) is 0 Å². The molecule has 3 heteroatoms. The third-order valence-corrected chi connectivity index (χ3v) is 3.49. The average Bonchev–Trinajstić information content (AvgIpc) is 2.78. The van der Waals surface area contributed by atoms with Crippen LogP contribution in [0.25, 0.3) is 0 Å². The number of halogens is 2. The van der Waals surface area contributed by atoms with Crippen molar-refractivity contribution in [2.75, 3.05) is 0 Å². The molecule has 0 spiro atoms. The van der Waals surface area contributed by atoms with Crippen LogP contribution >= 0.6 is 27.5 Å². The van der Waals surface area contributed by atoms with E-state index in [4.69, 9.17) is 11.6 Å². The Hall–Kier alpha value is -0.0500. The lowest BCUT2D eigenvalue weighted by molar-refractivity contribution is 0.151. The van der Waals surface area contributed by atoms with E-state index in [0.717, 1.165) is 27.9 Å². The number of hydrogen-bond acceptors (Lipinski definition) is 1. The SMILES string of the molecule is OC1(Cc2c(Cl)cccc2Br)CC1. The van der Waals surface area contributed by atoms with E-state index in [-0.39, 0.29) is 0 Å². The predicted octanol–water partition coefficient (Wildman–Crippen LogP) is 3.17. The van der Waals surface area contributed by atoms with Crippen molar-refractivity contribution in [2.24, 2.45) is 0 Å². The second kappa shape index (κ2) is 3.26. The van der Waals surface area contributed by atoms with Crippen molar-refractivity contribution in [2.45, 2.75) is 24.9 Å². The van der Waals surface area contributed by atoms with Gasteiger partial charge in [0, 0.05) is 15.9 Å². The molecule has 0 saturated heterocycles. The highest BCUT2D eigenvalue weighted by atomic mass is 79.9. The summed E-state index contributed by atoms with van der Waals surface area (Å²) < 4.78 is 0.986. The lowest BCUT2D eigenvalue weighted by Crippen LogP contribution is -2.11. The van der Waals surface area contributed by atoms with Crippen LogP contribution in [-0.4, -0.2) is 10.7 Å². The summed E-state index contributed by atoms with van der Waals surface area (Å²) >= 11 is 9.45. The second-order valence-corrected chi connectivity index (χ2v) is 4.86. The van der Waals surface area contributed by atoms with Crippen molar-refractivity contribution in [3.63, 3.8) is 0 Å². The van der Waals surface area contributed by atoms with Crippen LogP contribution in [0.3, 0.4) is 0 Å². The van der Waals surface area contributed by atoms with Gasteiger partial charge < -0.3 is 5.11 Å². The third kappa shape index (κ3) is 2.06. The number of aliphatic hydroxyl groups is 1. The molecule has 1 nitrogen and oxygen atoms in total. The molecule has 70 valence electrons. The Morgan fingerprint density at radius 2 is 2.15 bits per heavy atom. The van der Waals surface area contributed by atoms with Crippen LogP contribution in [0.15, 0.2) is 22.7 Å². The van der Waals surface area contributed by atoms with Crippen molar-refractivity contribution < 1.29 is 5.11 Å². The van der Waals surface area contributed by atoms with E-state index in [1.165, 1.54) is 0 Å². The molecule has 0 unspecified atom stereocenters. The molecule has 2 rings (SSSR count). The Bertz CT molecular complexity index is 313. The minimum atomic E-state index is -0.479. The van der Waals surface area contributed by atoms with Crippen LogP contribution in [0, 0.1) is 0 Å². The smallest absolute Gasteiger partial charge is 0.0691 e. The normalized spacial score (nSPS) is 18.7. The summed E-state index contributed by atoms with van der Waals surface area (Å²) in [6, 6.07) is 5.70. The third-order valence-electron chi connectivity index (χ3n) is 2.39. The summed E-state index contributed by atoms with van der Waals surface area (Å²) in [5.41, 5.74) is 0.539. The molecule has 1 N–H and O–H groups in total. The van der Waals surface area contributed by atoms with Gasteiger partial charge >= 0.3 is 0 Å². The van der Waals surface area contributed by atoms with Gasteiger partial charge in [-0.25, -0.2) is 0 Å². The zero-order valence-electron chi connectivity index (χ0n) is 7.06. The van der Waals surface area contributed by atoms with Crippen molar-refractivity contribution in [1.29, 1.82) is 0 Å². The van der Waals surface area contributed by atoms with Crippen LogP contribution in [-0.2, 0) is 6.42 Å². The highest BCUT2D eigenvalue weighted by Gasteiger charge is 2.40. The van der Waals surface area contributed by atoms with Crippen molar-refractivity contribution in [3.05, 3.63) is 33.3 Å². The fourth-order valence-corrected chi connectivity index (χ4v) is 2.21. The van der Waals surface area contributed by atoms with Gasteiger partial charge in [-0.1, -0.05) is 33.6 Å². The van der Waals surface area contributed by atoms with E-state index in [1.807, 2.05) is 18.2 Å². The molecule has 13 heavy (non-hydrogen) atoms. The van der Waals surface area contributed by atoms with Crippen molar-refractivity contribution in [1.82, 2.24) is 0 Å². The summed E-state index contributed by atoms with van der Waals surface area (Å²) in [6.07, 6.45) is 2.45. The lowest BCUT2D eigenvalue weighted by Gasteiger charge is -2.10. The Morgan fingerprint density at radius 3 is 2.69 bits per heavy atom. The van der Waals surface area contributed by atoms with Gasteiger partial charge in [0.1, 0.15) is 0 Å². The first kappa shape index (κ1) is 9.50. The maximum Gasteiger partial charge on any atom is 0.0691 e. The van der Waals surface area contributed by atoms with Crippen LogP contribution in [0.5, 0.6) is 0 Å². The Morgan fingerprint density at radius 1 is 1.46 bits per heavy atom. The van der Waals surface area contributed by atoms with Gasteiger partial charge in [-0.3, -0.25) is 0 Å². The van der Waals surface area contributed by atoms with Crippen LogP contribution in [0.4, 0.5) is 0 Å². The molecule has 1 saturated carbocycles. The van der Waals surface area contributed by atoms with Crippen LogP contribution in [0.1, 0.15) is 18.4 Å². The minimum absolute atomic E-state index is 0.479. The van der Waals surface area contributed by atoms with Gasteiger partial charge in [-0.15, -0.1) is 0 Å². The Balaban J connectivity index is 2.28. The molecule has 0 aliphatic heterocycles. The quantitative estimate of drug-likeness (QED) is 0.867. The summed E-state index contributed by atoms with van der Waals surface area (Å²) in [6.45, 7) is 0. The Labute approximate surface area is 90.9 Å². The van der Waals surface area contributed by atoms with Gasteiger partial charge in [0.15, 0.2) is 0 Å². The first-order chi connectivity index (χ1) is 6.11. The van der Waals surface area contributed by atoms with Crippen molar-refractivity contribution in [3.8, 4) is 0 Å². The molecule has 0 aromatic heterocycles. The first-order valence-corrected chi connectivity index (χ1v) is 5.43. The number of hydrogen-bond donors (Lipinski definition) is 1. The van der Waals surface area contributed by atoms with Gasteiger partial charge in [-0.05, 0) is 30.5 Å². The zero-order valence-corrected chi connectivity index (χ0v) is 9.40. The van der Waals surface area contributed by atoms with Gasteiger partial charge in [0.2, 0.25) is 0 Å². The monoisotopic (exact) mass is 260 g/mol. The number of rotatable bonds is 2. The summed E-state index contributed by atoms with van der Waals surface area (Å²) in [7, 11) is 0. The van der Waals surface area contributed by atoms with Crippen LogP contribution in [0.2, 0.25) is 5.02 Å². The fourth-order valence-electron chi connectivity index (χ4n) is 1.35. The molecule has 1 aromatic rings.